The first kappa shape index (κ1) is 10.0. The summed E-state index contributed by atoms with van der Waals surface area (Å²) in [6, 6.07) is 3.98. The average Bonchev–Trinajstić information content (AvgIpc) is 2.23. The third kappa shape index (κ3) is 1.58. The molecule has 0 spiro atoms. The monoisotopic (exact) mass is 205 g/mol. The molecule has 1 aliphatic rings. The standard InChI is InChI=1S/C12H15NO2/c1-7-4-5-10-11(13-14)6-8(2)15-12(10)9(7)3/h4-5,8,14H,6H2,1-3H3. The van der Waals surface area contributed by atoms with Gasteiger partial charge in [-0.3, -0.25) is 0 Å². The lowest BCUT2D eigenvalue weighted by atomic mass is 9.96. The Balaban J connectivity index is 2.61. The van der Waals surface area contributed by atoms with Gasteiger partial charge >= 0.3 is 0 Å². The van der Waals surface area contributed by atoms with E-state index in [1.165, 1.54) is 5.56 Å². The topological polar surface area (TPSA) is 41.8 Å². The molecule has 0 radical (unpaired) electrons. The molecule has 0 aliphatic carbocycles. The summed E-state index contributed by atoms with van der Waals surface area (Å²) in [5, 5.41) is 12.3. The normalized spacial score (nSPS) is 22.3. The van der Waals surface area contributed by atoms with Gasteiger partial charge in [-0.15, -0.1) is 0 Å². The first-order valence-corrected chi connectivity index (χ1v) is 5.11. The van der Waals surface area contributed by atoms with Crippen LogP contribution in [0.4, 0.5) is 0 Å². The van der Waals surface area contributed by atoms with Crippen LogP contribution in [0.2, 0.25) is 0 Å². The molecule has 0 bridgehead atoms. The molecule has 0 saturated heterocycles. The third-order valence-corrected chi connectivity index (χ3v) is 2.91. The molecular formula is C12H15NO2. The Hall–Kier alpha value is -1.51. The maximum absolute atomic E-state index is 8.95. The Morgan fingerprint density at radius 3 is 2.80 bits per heavy atom. The largest absolute Gasteiger partial charge is 0.489 e. The van der Waals surface area contributed by atoms with Gasteiger partial charge < -0.3 is 9.94 Å². The van der Waals surface area contributed by atoms with Crippen LogP contribution in [0.1, 0.15) is 30.0 Å². The highest BCUT2D eigenvalue weighted by Crippen LogP contribution is 2.32. The molecule has 3 heteroatoms. The number of nitrogens with zero attached hydrogens (tertiary/aromatic N) is 1. The number of benzene rings is 1. The van der Waals surface area contributed by atoms with Crippen LogP contribution >= 0.6 is 0 Å². The van der Waals surface area contributed by atoms with Crippen molar-refractivity contribution in [3.05, 3.63) is 28.8 Å². The van der Waals surface area contributed by atoms with E-state index >= 15 is 0 Å². The van der Waals surface area contributed by atoms with Gasteiger partial charge in [0.2, 0.25) is 0 Å². The van der Waals surface area contributed by atoms with Gasteiger partial charge in [0.25, 0.3) is 0 Å². The molecule has 3 nitrogen and oxygen atoms in total. The number of hydrogen-bond donors (Lipinski definition) is 1. The Labute approximate surface area is 89.4 Å². The highest BCUT2D eigenvalue weighted by atomic mass is 16.5. The molecule has 1 heterocycles. The Morgan fingerprint density at radius 2 is 2.13 bits per heavy atom. The lowest BCUT2D eigenvalue weighted by Gasteiger charge is -2.26. The number of oxime groups is 1. The Kier molecular flexibility index (Phi) is 2.39. The van der Waals surface area contributed by atoms with Crippen LogP contribution in [0.3, 0.4) is 0 Å². The van der Waals surface area contributed by atoms with Crippen LogP contribution in [0.15, 0.2) is 17.3 Å². The van der Waals surface area contributed by atoms with Crippen molar-refractivity contribution < 1.29 is 9.94 Å². The summed E-state index contributed by atoms with van der Waals surface area (Å²) >= 11 is 0. The number of fused-ring (bicyclic) bond motifs is 1. The van der Waals surface area contributed by atoms with E-state index in [1.807, 2.05) is 32.9 Å². The van der Waals surface area contributed by atoms with Gasteiger partial charge in [0.1, 0.15) is 11.9 Å². The van der Waals surface area contributed by atoms with Crippen LogP contribution in [0.5, 0.6) is 5.75 Å². The summed E-state index contributed by atoms with van der Waals surface area (Å²) in [7, 11) is 0. The van der Waals surface area contributed by atoms with E-state index in [4.69, 9.17) is 9.94 Å². The molecule has 1 aliphatic heterocycles. The quantitative estimate of drug-likeness (QED) is 0.522. The van der Waals surface area contributed by atoms with Crippen molar-refractivity contribution >= 4 is 5.71 Å². The number of aryl methyl sites for hydroxylation is 1. The van der Waals surface area contributed by atoms with Crippen LogP contribution in [-0.4, -0.2) is 17.0 Å². The van der Waals surface area contributed by atoms with E-state index in [0.29, 0.717) is 12.1 Å². The second-order valence-electron chi connectivity index (χ2n) is 4.06. The first-order valence-electron chi connectivity index (χ1n) is 5.11. The predicted octanol–water partition coefficient (Wildman–Crippen LogP) is 2.65. The molecule has 1 aromatic carbocycles. The second kappa shape index (κ2) is 3.57. The SMILES string of the molecule is Cc1ccc2c(c1C)OC(C)CC2=NO. The molecule has 1 N–H and O–H groups in total. The fourth-order valence-corrected chi connectivity index (χ4v) is 1.89. The van der Waals surface area contributed by atoms with Gasteiger partial charge in [-0.1, -0.05) is 11.2 Å². The maximum atomic E-state index is 8.95. The van der Waals surface area contributed by atoms with E-state index in [9.17, 15) is 0 Å². The average molecular weight is 205 g/mol. The smallest absolute Gasteiger partial charge is 0.132 e. The molecule has 0 amide bonds. The minimum Gasteiger partial charge on any atom is -0.489 e. The van der Waals surface area contributed by atoms with Crippen molar-refractivity contribution in [3.8, 4) is 5.75 Å². The molecule has 1 aromatic rings. The van der Waals surface area contributed by atoms with Gasteiger partial charge in [0, 0.05) is 12.0 Å². The summed E-state index contributed by atoms with van der Waals surface area (Å²) in [6.45, 7) is 6.06. The summed E-state index contributed by atoms with van der Waals surface area (Å²) in [5.74, 6) is 0.863. The van der Waals surface area contributed by atoms with Crippen molar-refractivity contribution in [3.63, 3.8) is 0 Å². The fraction of sp³-hybridized carbons (Fsp3) is 0.417. The van der Waals surface area contributed by atoms with Gasteiger partial charge in [0.15, 0.2) is 0 Å². The zero-order valence-corrected chi connectivity index (χ0v) is 9.24. The third-order valence-electron chi connectivity index (χ3n) is 2.91. The predicted molar refractivity (Wildman–Crippen MR) is 58.9 cm³/mol. The van der Waals surface area contributed by atoms with Gasteiger partial charge in [0.05, 0.1) is 5.71 Å². The van der Waals surface area contributed by atoms with E-state index in [-0.39, 0.29) is 6.10 Å². The maximum Gasteiger partial charge on any atom is 0.132 e. The molecule has 0 aromatic heterocycles. The van der Waals surface area contributed by atoms with Gasteiger partial charge in [-0.25, -0.2) is 0 Å². The van der Waals surface area contributed by atoms with Crippen LogP contribution in [-0.2, 0) is 0 Å². The Morgan fingerprint density at radius 1 is 1.40 bits per heavy atom. The van der Waals surface area contributed by atoms with Crippen molar-refractivity contribution in [1.29, 1.82) is 0 Å². The molecule has 0 fully saturated rings. The summed E-state index contributed by atoms with van der Waals surface area (Å²) in [6.07, 6.45) is 0.732. The summed E-state index contributed by atoms with van der Waals surface area (Å²) in [5.41, 5.74) is 3.95. The molecular weight excluding hydrogens is 190 g/mol. The van der Waals surface area contributed by atoms with Gasteiger partial charge in [-0.2, -0.15) is 0 Å². The minimum absolute atomic E-state index is 0.0731. The lowest BCUT2D eigenvalue weighted by molar-refractivity contribution is 0.216. The van der Waals surface area contributed by atoms with Crippen LogP contribution in [0, 0.1) is 13.8 Å². The van der Waals surface area contributed by atoms with Crippen molar-refractivity contribution in [2.45, 2.75) is 33.3 Å². The molecule has 2 rings (SSSR count). The Bertz CT molecular complexity index is 424. The van der Waals surface area contributed by atoms with Crippen molar-refractivity contribution in [2.24, 2.45) is 5.16 Å². The number of ether oxygens (including phenoxy) is 1. The fourth-order valence-electron chi connectivity index (χ4n) is 1.89. The summed E-state index contributed by atoms with van der Waals surface area (Å²) < 4.78 is 5.78. The van der Waals surface area contributed by atoms with E-state index in [0.717, 1.165) is 16.9 Å². The van der Waals surface area contributed by atoms with Gasteiger partial charge in [-0.05, 0) is 38.0 Å². The van der Waals surface area contributed by atoms with E-state index in [2.05, 4.69) is 5.16 Å². The van der Waals surface area contributed by atoms with Crippen LogP contribution in [0.25, 0.3) is 0 Å². The zero-order chi connectivity index (χ0) is 11.0. The summed E-state index contributed by atoms with van der Waals surface area (Å²) in [4.78, 5) is 0. The second-order valence-corrected chi connectivity index (χ2v) is 4.06. The van der Waals surface area contributed by atoms with Crippen molar-refractivity contribution in [1.82, 2.24) is 0 Å². The first-order chi connectivity index (χ1) is 7.13. The van der Waals surface area contributed by atoms with Crippen molar-refractivity contribution in [2.75, 3.05) is 0 Å². The molecule has 1 unspecified atom stereocenters. The minimum atomic E-state index is 0.0731. The lowest BCUT2D eigenvalue weighted by Crippen LogP contribution is -2.25. The van der Waals surface area contributed by atoms with E-state index < -0.39 is 0 Å². The molecule has 1 atom stereocenters. The molecule has 80 valence electrons. The highest BCUT2D eigenvalue weighted by Gasteiger charge is 2.24. The number of hydrogen-bond acceptors (Lipinski definition) is 3. The zero-order valence-electron chi connectivity index (χ0n) is 9.24. The number of rotatable bonds is 0. The highest BCUT2D eigenvalue weighted by molar-refractivity contribution is 6.04. The van der Waals surface area contributed by atoms with Crippen LogP contribution < -0.4 is 4.74 Å². The molecule has 15 heavy (non-hydrogen) atoms. The van der Waals surface area contributed by atoms with E-state index in [1.54, 1.807) is 0 Å². The molecule has 0 saturated carbocycles.